The van der Waals surface area contributed by atoms with E-state index in [-0.39, 0.29) is 31.1 Å². The molecule has 2 amide bonds. The molecular weight excluding hydrogens is 522 g/mol. The lowest BCUT2D eigenvalue weighted by molar-refractivity contribution is -0.142. The molecule has 9 heteroatoms. The number of amides is 2. The number of para-hydroxylation sites is 1. The molecule has 0 saturated heterocycles. The Hall–Kier alpha value is -4.50. The number of rotatable bonds is 14. The highest BCUT2D eigenvalue weighted by molar-refractivity contribution is 6.02. The van der Waals surface area contributed by atoms with Crippen LogP contribution in [0.2, 0.25) is 0 Å². The molecule has 41 heavy (non-hydrogen) atoms. The average Bonchev–Trinajstić information content (AvgIpc) is 2.95. The van der Waals surface area contributed by atoms with Crippen molar-refractivity contribution in [3.8, 4) is 11.1 Å². The molecule has 0 heterocycles. The van der Waals surface area contributed by atoms with Crippen LogP contribution in [0.15, 0.2) is 84.9 Å². The van der Waals surface area contributed by atoms with Gasteiger partial charge in [-0.2, -0.15) is 0 Å². The molecule has 3 aromatic carbocycles. The average molecular weight is 560 g/mol. The number of benzene rings is 3. The molecule has 0 aliphatic rings. The van der Waals surface area contributed by atoms with E-state index in [1.807, 2.05) is 62.4 Å². The summed E-state index contributed by atoms with van der Waals surface area (Å²) < 4.78 is 0. The zero-order chi connectivity index (χ0) is 29.9. The number of nitrogens with zero attached hydrogens (tertiary/aromatic N) is 1. The van der Waals surface area contributed by atoms with E-state index in [4.69, 9.17) is 0 Å². The Morgan fingerprint density at radius 3 is 1.83 bits per heavy atom. The quantitative estimate of drug-likeness (QED) is 0.217. The van der Waals surface area contributed by atoms with Gasteiger partial charge >= 0.3 is 11.9 Å². The first kappa shape index (κ1) is 31.0. The van der Waals surface area contributed by atoms with Gasteiger partial charge < -0.3 is 15.5 Å². The summed E-state index contributed by atoms with van der Waals surface area (Å²) in [5, 5.41) is 25.4. The van der Waals surface area contributed by atoms with E-state index in [9.17, 15) is 29.4 Å². The molecule has 0 unspecified atom stereocenters. The molecule has 0 fully saturated rings. The molecule has 4 N–H and O–H groups in total. The van der Waals surface area contributed by atoms with Gasteiger partial charge in [-0.25, -0.2) is 4.79 Å². The summed E-state index contributed by atoms with van der Waals surface area (Å²) >= 11 is 0. The second-order valence-corrected chi connectivity index (χ2v) is 10.3. The number of aliphatic carboxylic acids is 2. The predicted octanol–water partition coefficient (Wildman–Crippen LogP) is 5.04. The van der Waals surface area contributed by atoms with Gasteiger partial charge in [-0.05, 0) is 61.1 Å². The van der Waals surface area contributed by atoms with E-state index in [1.165, 1.54) is 11.8 Å². The van der Waals surface area contributed by atoms with Gasteiger partial charge in [0.2, 0.25) is 11.8 Å². The maximum Gasteiger partial charge on any atom is 0.326 e. The van der Waals surface area contributed by atoms with Crippen LogP contribution in [0.3, 0.4) is 0 Å². The largest absolute Gasteiger partial charge is 0.480 e. The van der Waals surface area contributed by atoms with Gasteiger partial charge in [0.1, 0.15) is 12.1 Å². The maximum absolute atomic E-state index is 13.9. The fourth-order valence-corrected chi connectivity index (χ4v) is 4.52. The first-order valence-electron chi connectivity index (χ1n) is 13.6. The second-order valence-electron chi connectivity index (χ2n) is 10.3. The Labute approximate surface area is 240 Å². The van der Waals surface area contributed by atoms with Gasteiger partial charge in [-0.1, -0.05) is 74.5 Å². The van der Waals surface area contributed by atoms with Crippen molar-refractivity contribution in [2.45, 2.75) is 58.2 Å². The van der Waals surface area contributed by atoms with Gasteiger partial charge in [-0.3, -0.25) is 24.6 Å². The highest BCUT2D eigenvalue weighted by Crippen LogP contribution is 2.26. The van der Waals surface area contributed by atoms with Gasteiger partial charge in [0.05, 0.1) is 6.04 Å². The molecule has 0 radical (unpaired) electrons. The summed E-state index contributed by atoms with van der Waals surface area (Å²) in [6, 6.07) is 22.1. The smallest absolute Gasteiger partial charge is 0.326 e. The van der Waals surface area contributed by atoms with Crippen LogP contribution >= 0.6 is 0 Å². The van der Waals surface area contributed by atoms with Crippen LogP contribution in [0.4, 0.5) is 11.4 Å². The molecule has 3 atom stereocenters. The molecule has 3 rings (SSSR count). The summed E-state index contributed by atoms with van der Waals surface area (Å²) in [5.41, 5.74) is 2.86. The number of carbonyl (C=O) groups excluding carboxylic acids is 2. The van der Waals surface area contributed by atoms with E-state index >= 15 is 0 Å². The molecule has 0 aromatic heterocycles. The lowest BCUT2D eigenvalue weighted by atomic mass is 9.99. The number of carboxylic acids is 2. The third kappa shape index (κ3) is 9.01. The van der Waals surface area contributed by atoms with Crippen molar-refractivity contribution in [2.75, 3.05) is 10.2 Å². The summed E-state index contributed by atoms with van der Waals surface area (Å²) in [5.74, 6) is -3.31. The molecule has 3 aromatic rings. The van der Waals surface area contributed by atoms with Gasteiger partial charge in [0, 0.05) is 17.8 Å². The van der Waals surface area contributed by atoms with Crippen molar-refractivity contribution < 1.29 is 29.4 Å². The third-order valence-corrected chi connectivity index (χ3v) is 6.66. The Kier molecular flexibility index (Phi) is 11.2. The summed E-state index contributed by atoms with van der Waals surface area (Å²) in [6.45, 7) is 5.20. The van der Waals surface area contributed by atoms with Crippen LogP contribution in [-0.2, 0) is 19.2 Å². The Morgan fingerprint density at radius 1 is 0.732 bits per heavy atom. The number of anilines is 2. The van der Waals surface area contributed by atoms with Crippen LogP contribution in [0.1, 0.15) is 40.0 Å². The molecule has 0 saturated carbocycles. The number of hydrogen-bond donors (Lipinski definition) is 4. The molecule has 0 aliphatic carbocycles. The highest BCUT2D eigenvalue weighted by atomic mass is 16.4. The Balaban J connectivity index is 1.82. The van der Waals surface area contributed by atoms with Gasteiger partial charge in [0.15, 0.2) is 0 Å². The zero-order valence-electron chi connectivity index (χ0n) is 23.5. The molecule has 9 nitrogen and oxygen atoms in total. The Morgan fingerprint density at radius 2 is 1.29 bits per heavy atom. The van der Waals surface area contributed by atoms with Crippen LogP contribution in [0.25, 0.3) is 11.1 Å². The van der Waals surface area contributed by atoms with E-state index < -0.39 is 36.0 Å². The number of hydrogen-bond acceptors (Lipinski definition) is 5. The first-order valence-corrected chi connectivity index (χ1v) is 13.6. The van der Waals surface area contributed by atoms with Crippen molar-refractivity contribution >= 4 is 35.1 Å². The lowest BCUT2D eigenvalue weighted by Crippen LogP contribution is -2.56. The van der Waals surface area contributed by atoms with E-state index in [0.29, 0.717) is 11.4 Å². The van der Waals surface area contributed by atoms with Crippen molar-refractivity contribution in [1.29, 1.82) is 0 Å². The highest BCUT2D eigenvalue weighted by Gasteiger charge is 2.35. The molecule has 216 valence electrons. The van der Waals surface area contributed by atoms with E-state index in [1.54, 1.807) is 36.4 Å². The maximum atomic E-state index is 13.9. The monoisotopic (exact) mass is 559 g/mol. The molecule has 0 aliphatic heterocycles. The van der Waals surface area contributed by atoms with Crippen molar-refractivity contribution in [1.82, 2.24) is 5.32 Å². The normalized spacial score (nSPS) is 13.2. The van der Waals surface area contributed by atoms with E-state index in [0.717, 1.165) is 11.1 Å². The lowest BCUT2D eigenvalue weighted by Gasteiger charge is -2.33. The minimum absolute atomic E-state index is 0.00489. The summed E-state index contributed by atoms with van der Waals surface area (Å²) in [7, 11) is 0. The van der Waals surface area contributed by atoms with Gasteiger partial charge in [0.25, 0.3) is 0 Å². The predicted molar refractivity (Wildman–Crippen MR) is 159 cm³/mol. The standard InChI is InChI=1S/C32H37N3O6/c1-21(2)20-28(34-27(32(40)41)18-19-29(36)33-25-12-8-5-9-13-25)30(37)35(22(3)31(38)39)26-16-14-24(15-17-26)23-10-6-4-7-11-23/h4-17,21-22,27-28,34H,18-20H2,1-3H3,(H,33,36)(H,38,39)(H,40,41)/t22-,27+,28-/m0/s1. The van der Waals surface area contributed by atoms with Crippen LogP contribution in [0.5, 0.6) is 0 Å². The van der Waals surface area contributed by atoms with Crippen molar-refractivity contribution in [3.63, 3.8) is 0 Å². The fourth-order valence-electron chi connectivity index (χ4n) is 4.52. The summed E-state index contributed by atoms with van der Waals surface area (Å²) in [6.07, 6.45) is 0.123. The topological polar surface area (TPSA) is 136 Å². The number of carbonyl (C=O) groups is 4. The van der Waals surface area contributed by atoms with Crippen molar-refractivity contribution in [3.05, 3.63) is 84.9 Å². The zero-order valence-corrected chi connectivity index (χ0v) is 23.5. The van der Waals surface area contributed by atoms with Crippen LogP contribution < -0.4 is 15.5 Å². The molecular formula is C32H37N3O6. The van der Waals surface area contributed by atoms with Gasteiger partial charge in [-0.15, -0.1) is 0 Å². The van der Waals surface area contributed by atoms with E-state index in [2.05, 4.69) is 10.6 Å². The first-order chi connectivity index (χ1) is 19.6. The van der Waals surface area contributed by atoms with Crippen LogP contribution in [-0.4, -0.2) is 52.1 Å². The summed E-state index contributed by atoms with van der Waals surface area (Å²) in [4.78, 5) is 51.8. The SMILES string of the molecule is CC(C)C[C@H](N[C@H](CCC(=O)Nc1ccccc1)C(=O)O)C(=O)N(c1ccc(-c2ccccc2)cc1)[C@@H](C)C(=O)O. The number of nitrogens with one attached hydrogen (secondary N) is 2. The second kappa shape index (κ2) is 14.8. The van der Waals surface area contributed by atoms with Crippen molar-refractivity contribution in [2.24, 2.45) is 5.92 Å². The third-order valence-electron chi connectivity index (χ3n) is 6.66. The molecule has 0 spiro atoms. The fraction of sp³-hybridized carbons (Fsp3) is 0.312. The minimum atomic E-state index is -1.21. The molecule has 0 bridgehead atoms. The Bertz CT molecular complexity index is 1310. The number of carboxylic acid groups (broad SMARTS) is 2. The minimum Gasteiger partial charge on any atom is -0.480 e. The van der Waals surface area contributed by atoms with Crippen LogP contribution in [0, 0.1) is 5.92 Å².